The van der Waals surface area contributed by atoms with Crippen molar-refractivity contribution in [2.24, 2.45) is 0 Å². The average Bonchev–Trinajstić information content (AvgIpc) is 2.83. The van der Waals surface area contributed by atoms with Gasteiger partial charge in [0.2, 0.25) is 5.91 Å². The highest BCUT2D eigenvalue weighted by atomic mass is 32.2. The first-order valence-corrected chi connectivity index (χ1v) is 6.66. The molecule has 2 N–H and O–H groups in total. The van der Waals surface area contributed by atoms with Crippen LogP contribution in [-0.4, -0.2) is 24.0 Å². The summed E-state index contributed by atoms with van der Waals surface area (Å²) in [6.07, 6.45) is 1.74. The number of halogens is 3. The van der Waals surface area contributed by atoms with E-state index in [2.05, 4.69) is 10.6 Å². The Hall–Kier alpha value is -1.21. The van der Waals surface area contributed by atoms with Crippen molar-refractivity contribution in [1.29, 1.82) is 0 Å². The minimum absolute atomic E-state index is 0.101. The Morgan fingerprint density at radius 3 is 2.53 bits per heavy atom. The lowest BCUT2D eigenvalue weighted by Crippen LogP contribution is -2.35. The summed E-state index contributed by atoms with van der Waals surface area (Å²) in [6.45, 7) is 0.819. The highest BCUT2D eigenvalue weighted by Crippen LogP contribution is 2.37. The Morgan fingerprint density at radius 2 is 2.00 bits per heavy atom. The number of anilines is 1. The molecule has 0 bridgehead atoms. The maximum atomic E-state index is 12.1. The topological polar surface area (TPSA) is 41.1 Å². The van der Waals surface area contributed by atoms with Crippen molar-refractivity contribution in [3.05, 3.63) is 24.3 Å². The Bertz CT molecular complexity index is 441. The van der Waals surface area contributed by atoms with Crippen molar-refractivity contribution in [2.75, 3.05) is 11.9 Å². The Balaban J connectivity index is 1.93. The lowest BCUT2D eigenvalue weighted by Gasteiger charge is -2.11. The van der Waals surface area contributed by atoms with Crippen molar-refractivity contribution in [3.63, 3.8) is 0 Å². The fraction of sp³-hybridized carbons (Fsp3) is 0.417. The van der Waals surface area contributed by atoms with E-state index < -0.39 is 5.51 Å². The molecule has 1 saturated heterocycles. The van der Waals surface area contributed by atoms with Crippen molar-refractivity contribution in [2.45, 2.75) is 29.3 Å². The fourth-order valence-corrected chi connectivity index (χ4v) is 2.42. The Kier molecular flexibility index (Phi) is 4.36. The van der Waals surface area contributed by atoms with Gasteiger partial charge in [0.25, 0.3) is 0 Å². The van der Waals surface area contributed by atoms with Crippen LogP contribution in [0.2, 0.25) is 0 Å². The summed E-state index contributed by atoms with van der Waals surface area (Å²) in [5.74, 6) is -0.145. The molecule has 2 rings (SSSR count). The first-order valence-electron chi connectivity index (χ1n) is 5.84. The first kappa shape index (κ1) is 14.2. The van der Waals surface area contributed by atoms with Gasteiger partial charge in [-0.15, -0.1) is 0 Å². The second-order valence-electron chi connectivity index (χ2n) is 4.21. The van der Waals surface area contributed by atoms with Crippen LogP contribution in [0.5, 0.6) is 0 Å². The van der Waals surface area contributed by atoms with Crippen LogP contribution in [0.1, 0.15) is 12.8 Å². The Morgan fingerprint density at radius 1 is 1.32 bits per heavy atom. The monoisotopic (exact) mass is 290 g/mol. The van der Waals surface area contributed by atoms with Crippen LogP contribution in [0.4, 0.5) is 18.9 Å². The number of hydrogen-bond acceptors (Lipinski definition) is 3. The summed E-state index contributed by atoms with van der Waals surface area (Å²) in [6, 6.07) is 5.43. The summed E-state index contributed by atoms with van der Waals surface area (Å²) in [4.78, 5) is 11.9. The molecule has 3 nitrogen and oxygen atoms in total. The number of hydrogen-bond donors (Lipinski definition) is 2. The van der Waals surface area contributed by atoms with Crippen LogP contribution in [0.25, 0.3) is 0 Å². The zero-order chi connectivity index (χ0) is 13.9. The molecule has 1 heterocycles. The maximum Gasteiger partial charge on any atom is 0.446 e. The third-order valence-electron chi connectivity index (χ3n) is 2.73. The summed E-state index contributed by atoms with van der Waals surface area (Å²) in [5, 5.41) is 5.74. The van der Waals surface area contributed by atoms with E-state index in [1.165, 1.54) is 24.3 Å². The molecular weight excluding hydrogens is 277 g/mol. The molecule has 0 radical (unpaired) electrons. The third kappa shape index (κ3) is 4.43. The largest absolute Gasteiger partial charge is 0.446 e. The zero-order valence-electron chi connectivity index (χ0n) is 9.96. The maximum absolute atomic E-state index is 12.1. The predicted molar refractivity (Wildman–Crippen MR) is 68.0 cm³/mol. The van der Waals surface area contributed by atoms with Crippen molar-refractivity contribution in [1.82, 2.24) is 5.32 Å². The number of amides is 1. The van der Waals surface area contributed by atoms with Gasteiger partial charge in [-0.3, -0.25) is 4.79 Å². The normalized spacial score (nSPS) is 19.4. The van der Waals surface area contributed by atoms with E-state index in [4.69, 9.17) is 0 Å². The highest BCUT2D eigenvalue weighted by molar-refractivity contribution is 8.00. The molecule has 1 atom stereocenters. The molecule has 1 aliphatic heterocycles. The van der Waals surface area contributed by atoms with Gasteiger partial charge in [-0.1, -0.05) is 0 Å². The molecule has 1 unspecified atom stereocenters. The summed E-state index contributed by atoms with van der Waals surface area (Å²) in [7, 11) is 0. The minimum Gasteiger partial charge on any atom is -0.325 e. The molecule has 1 aliphatic rings. The van der Waals surface area contributed by atoms with Crippen molar-refractivity contribution in [3.8, 4) is 0 Å². The van der Waals surface area contributed by atoms with E-state index in [9.17, 15) is 18.0 Å². The number of benzene rings is 1. The minimum atomic E-state index is -4.29. The van der Waals surface area contributed by atoms with Gasteiger partial charge in [0.15, 0.2) is 0 Å². The van der Waals surface area contributed by atoms with Crippen LogP contribution in [0, 0.1) is 0 Å². The van der Waals surface area contributed by atoms with Crippen molar-refractivity contribution < 1.29 is 18.0 Å². The second kappa shape index (κ2) is 5.83. The molecule has 1 fully saturated rings. The first-order chi connectivity index (χ1) is 8.94. The van der Waals surface area contributed by atoms with Gasteiger partial charge in [-0.25, -0.2) is 0 Å². The summed E-state index contributed by atoms with van der Waals surface area (Å²) in [5.41, 5.74) is -3.79. The number of thioether (sulfide) groups is 1. The summed E-state index contributed by atoms with van der Waals surface area (Å²) >= 11 is -0.171. The van der Waals surface area contributed by atoms with E-state index in [1.54, 1.807) is 0 Å². The molecule has 19 heavy (non-hydrogen) atoms. The second-order valence-corrected chi connectivity index (χ2v) is 5.35. The number of carbonyl (C=O) groups is 1. The van der Waals surface area contributed by atoms with E-state index in [1.807, 2.05) is 0 Å². The van der Waals surface area contributed by atoms with Crippen LogP contribution in [-0.2, 0) is 4.79 Å². The number of nitrogens with one attached hydrogen (secondary N) is 2. The lowest BCUT2D eigenvalue weighted by atomic mass is 10.2. The van der Waals surface area contributed by atoms with E-state index in [0.717, 1.165) is 19.4 Å². The van der Waals surface area contributed by atoms with E-state index in [0.29, 0.717) is 5.69 Å². The smallest absolute Gasteiger partial charge is 0.325 e. The molecule has 1 aromatic rings. The molecule has 7 heteroatoms. The number of carbonyl (C=O) groups excluding carboxylic acids is 1. The molecule has 1 amide bonds. The van der Waals surface area contributed by atoms with Crippen LogP contribution in [0.15, 0.2) is 29.2 Å². The summed E-state index contributed by atoms with van der Waals surface area (Å²) < 4.78 is 36.4. The molecule has 0 aromatic heterocycles. The SMILES string of the molecule is O=C(Nc1ccc(SC(F)(F)F)cc1)C1CCCN1. The van der Waals surface area contributed by atoms with Crippen LogP contribution < -0.4 is 10.6 Å². The van der Waals surface area contributed by atoms with Crippen molar-refractivity contribution >= 4 is 23.4 Å². The quantitative estimate of drug-likeness (QED) is 0.841. The van der Waals surface area contributed by atoms with Gasteiger partial charge in [-0.05, 0) is 55.4 Å². The molecule has 1 aromatic carbocycles. The van der Waals surface area contributed by atoms with Gasteiger partial charge < -0.3 is 10.6 Å². The van der Waals surface area contributed by atoms with Crippen LogP contribution in [0.3, 0.4) is 0 Å². The van der Waals surface area contributed by atoms with E-state index in [-0.39, 0.29) is 28.6 Å². The lowest BCUT2D eigenvalue weighted by molar-refractivity contribution is -0.117. The predicted octanol–water partition coefficient (Wildman–Crippen LogP) is 2.99. The molecule has 0 spiro atoms. The third-order valence-corrected chi connectivity index (χ3v) is 3.47. The number of rotatable bonds is 3. The van der Waals surface area contributed by atoms with E-state index >= 15 is 0 Å². The molecule has 0 saturated carbocycles. The van der Waals surface area contributed by atoms with Gasteiger partial charge in [-0.2, -0.15) is 13.2 Å². The molecule has 104 valence electrons. The van der Waals surface area contributed by atoms with Gasteiger partial charge in [0.05, 0.1) is 6.04 Å². The fourth-order valence-electron chi connectivity index (χ4n) is 1.88. The highest BCUT2D eigenvalue weighted by Gasteiger charge is 2.29. The average molecular weight is 290 g/mol. The molecular formula is C12H13F3N2OS. The van der Waals surface area contributed by atoms with Gasteiger partial charge in [0, 0.05) is 10.6 Å². The zero-order valence-corrected chi connectivity index (χ0v) is 10.8. The van der Waals surface area contributed by atoms with Crippen LogP contribution >= 0.6 is 11.8 Å². The molecule has 0 aliphatic carbocycles. The number of alkyl halides is 3. The standard InChI is InChI=1S/C12H13F3N2OS/c13-12(14,15)19-9-5-3-8(4-6-9)17-11(18)10-2-1-7-16-10/h3-6,10,16H,1-2,7H2,(H,17,18). The Labute approximate surface area is 112 Å². The van der Waals surface area contributed by atoms with Gasteiger partial charge in [0.1, 0.15) is 0 Å². The van der Waals surface area contributed by atoms with Gasteiger partial charge >= 0.3 is 5.51 Å².